The largest absolute Gasteiger partial charge is 0.469 e. The van der Waals surface area contributed by atoms with Gasteiger partial charge in [0, 0.05) is 12.2 Å². The second-order valence-corrected chi connectivity index (χ2v) is 2.58. The second-order valence-electron chi connectivity index (χ2n) is 2.58. The molecule has 0 aromatic rings. The van der Waals surface area contributed by atoms with Crippen LogP contribution >= 0.6 is 0 Å². The summed E-state index contributed by atoms with van der Waals surface area (Å²) in [5.41, 5.74) is 1.10. The molecule has 1 N–H and O–H groups in total. The highest BCUT2D eigenvalue weighted by atomic mass is 16.5. The Hall–Kier alpha value is -1.25. The van der Waals surface area contributed by atoms with Gasteiger partial charge in [-0.05, 0) is 12.5 Å². The molecular weight excluding hydrogens is 154 g/mol. The van der Waals surface area contributed by atoms with Crippen LogP contribution in [0.4, 0.5) is 0 Å². The Kier molecular flexibility index (Phi) is 3.38. The molecule has 66 valence electrons. The quantitative estimate of drug-likeness (QED) is 0.637. The summed E-state index contributed by atoms with van der Waals surface area (Å²) in [6, 6.07) is 0. The molecule has 1 aliphatic rings. The molecule has 0 amide bonds. The van der Waals surface area contributed by atoms with Crippen LogP contribution in [0.3, 0.4) is 0 Å². The first-order chi connectivity index (χ1) is 5.83. The van der Waals surface area contributed by atoms with E-state index >= 15 is 0 Å². The third kappa shape index (κ3) is 2.78. The fraction of sp³-hybridized carbons (Fsp3) is 0.444. The van der Waals surface area contributed by atoms with E-state index in [0.717, 1.165) is 18.7 Å². The number of allylic oxidation sites excluding steroid dienone is 3. The van der Waals surface area contributed by atoms with E-state index in [0.29, 0.717) is 6.42 Å². The lowest BCUT2D eigenvalue weighted by molar-refractivity contribution is -0.140. The van der Waals surface area contributed by atoms with Crippen molar-refractivity contribution in [3.8, 4) is 0 Å². The Morgan fingerprint density at radius 2 is 2.58 bits per heavy atom. The van der Waals surface area contributed by atoms with Gasteiger partial charge in [-0.15, -0.1) is 0 Å². The number of esters is 1. The SMILES string of the molecule is COC(=O)CCC1=CC=CCN1. The predicted molar refractivity (Wildman–Crippen MR) is 46.5 cm³/mol. The van der Waals surface area contributed by atoms with Crippen LogP contribution in [0.2, 0.25) is 0 Å². The zero-order chi connectivity index (χ0) is 8.81. The zero-order valence-electron chi connectivity index (χ0n) is 7.17. The Morgan fingerprint density at radius 3 is 3.17 bits per heavy atom. The zero-order valence-corrected chi connectivity index (χ0v) is 7.17. The molecule has 1 aliphatic heterocycles. The molecule has 1 heterocycles. The van der Waals surface area contributed by atoms with Crippen molar-refractivity contribution in [1.82, 2.24) is 5.32 Å². The smallest absolute Gasteiger partial charge is 0.305 e. The molecule has 0 bridgehead atoms. The van der Waals surface area contributed by atoms with E-state index in [2.05, 4.69) is 10.1 Å². The van der Waals surface area contributed by atoms with Crippen LogP contribution < -0.4 is 5.32 Å². The summed E-state index contributed by atoms with van der Waals surface area (Å²) >= 11 is 0. The minimum atomic E-state index is -0.160. The summed E-state index contributed by atoms with van der Waals surface area (Å²) in [5.74, 6) is -0.160. The standard InChI is InChI=1S/C9H13NO2/c1-12-9(11)6-5-8-4-2-3-7-10-8/h2-4,10H,5-7H2,1H3. The molecular formula is C9H13NO2. The van der Waals surface area contributed by atoms with Gasteiger partial charge in [0.1, 0.15) is 0 Å². The van der Waals surface area contributed by atoms with Gasteiger partial charge in [0.25, 0.3) is 0 Å². The van der Waals surface area contributed by atoms with Gasteiger partial charge in [0.05, 0.1) is 13.5 Å². The minimum absolute atomic E-state index is 0.160. The first-order valence-corrected chi connectivity index (χ1v) is 3.99. The number of dihydropyridines is 1. The normalized spacial score (nSPS) is 14.9. The monoisotopic (exact) mass is 167 g/mol. The van der Waals surface area contributed by atoms with Crippen LogP contribution in [0.15, 0.2) is 23.9 Å². The number of carbonyl (C=O) groups excluding carboxylic acids is 1. The van der Waals surface area contributed by atoms with Crippen molar-refractivity contribution in [1.29, 1.82) is 0 Å². The van der Waals surface area contributed by atoms with Crippen molar-refractivity contribution in [2.45, 2.75) is 12.8 Å². The van der Waals surface area contributed by atoms with E-state index in [1.165, 1.54) is 7.11 Å². The molecule has 0 saturated heterocycles. The number of methoxy groups -OCH3 is 1. The van der Waals surface area contributed by atoms with Crippen LogP contribution in [0.25, 0.3) is 0 Å². The summed E-state index contributed by atoms with van der Waals surface area (Å²) < 4.78 is 4.53. The number of carbonyl (C=O) groups is 1. The summed E-state index contributed by atoms with van der Waals surface area (Å²) in [6.07, 6.45) is 7.18. The number of rotatable bonds is 3. The van der Waals surface area contributed by atoms with E-state index < -0.39 is 0 Å². The van der Waals surface area contributed by atoms with Gasteiger partial charge < -0.3 is 10.1 Å². The van der Waals surface area contributed by atoms with Crippen molar-refractivity contribution in [2.75, 3.05) is 13.7 Å². The Labute approximate surface area is 72.1 Å². The third-order valence-electron chi connectivity index (χ3n) is 1.71. The Bertz CT molecular complexity index is 219. The van der Waals surface area contributed by atoms with Gasteiger partial charge >= 0.3 is 5.97 Å². The fourth-order valence-corrected chi connectivity index (χ4v) is 1.01. The van der Waals surface area contributed by atoms with E-state index in [-0.39, 0.29) is 5.97 Å². The number of hydrogen-bond donors (Lipinski definition) is 1. The molecule has 0 aromatic carbocycles. The number of ether oxygens (including phenoxy) is 1. The van der Waals surface area contributed by atoms with Crippen molar-refractivity contribution in [2.24, 2.45) is 0 Å². The molecule has 0 spiro atoms. The van der Waals surface area contributed by atoms with Crippen LogP contribution in [-0.4, -0.2) is 19.6 Å². The maximum Gasteiger partial charge on any atom is 0.305 e. The number of hydrogen-bond acceptors (Lipinski definition) is 3. The summed E-state index contributed by atoms with van der Waals surface area (Å²) in [6.45, 7) is 0.854. The van der Waals surface area contributed by atoms with Crippen LogP contribution in [0.5, 0.6) is 0 Å². The third-order valence-corrected chi connectivity index (χ3v) is 1.71. The van der Waals surface area contributed by atoms with Gasteiger partial charge in [-0.2, -0.15) is 0 Å². The highest BCUT2D eigenvalue weighted by Gasteiger charge is 2.03. The van der Waals surface area contributed by atoms with Gasteiger partial charge in [-0.25, -0.2) is 0 Å². The highest BCUT2D eigenvalue weighted by molar-refractivity contribution is 5.69. The maximum atomic E-state index is 10.8. The molecule has 0 unspecified atom stereocenters. The molecule has 0 saturated carbocycles. The molecule has 0 atom stereocenters. The van der Waals surface area contributed by atoms with Crippen molar-refractivity contribution < 1.29 is 9.53 Å². The maximum absolute atomic E-state index is 10.8. The first-order valence-electron chi connectivity index (χ1n) is 3.99. The average Bonchev–Trinajstić information content (AvgIpc) is 2.16. The lowest BCUT2D eigenvalue weighted by Gasteiger charge is -2.10. The molecule has 1 rings (SSSR count). The van der Waals surface area contributed by atoms with Gasteiger partial charge in [-0.3, -0.25) is 4.79 Å². The van der Waals surface area contributed by atoms with Crippen LogP contribution in [0, 0.1) is 0 Å². The molecule has 3 nitrogen and oxygen atoms in total. The minimum Gasteiger partial charge on any atom is -0.469 e. The summed E-state index contributed by atoms with van der Waals surface area (Å²) in [7, 11) is 1.41. The molecule has 0 aliphatic carbocycles. The lowest BCUT2D eigenvalue weighted by atomic mass is 10.2. The molecule has 0 radical (unpaired) electrons. The molecule has 3 heteroatoms. The van der Waals surface area contributed by atoms with E-state index in [1.807, 2.05) is 18.2 Å². The lowest BCUT2D eigenvalue weighted by Crippen LogP contribution is -2.16. The molecule has 0 fully saturated rings. The molecule has 0 aromatic heterocycles. The van der Waals surface area contributed by atoms with E-state index in [1.54, 1.807) is 0 Å². The van der Waals surface area contributed by atoms with Gasteiger partial charge in [0.2, 0.25) is 0 Å². The highest BCUT2D eigenvalue weighted by Crippen LogP contribution is 2.05. The summed E-state index contributed by atoms with van der Waals surface area (Å²) in [5, 5.41) is 3.17. The molecule has 12 heavy (non-hydrogen) atoms. The van der Waals surface area contributed by atoms with Crippen LogP contribution in [-0.2, 0) is 9.53 Å². The number of nitrogens with one attached hydrogen (secondary N) is 1. The predicted octanol–water partition coefficient (Wildman–Crippen LogP) is 0.983. The van der Waals surface area contributed by atoms with Gasteiger partial charge in [-0.1, -0.05) is 12.2 Å². The fourth-order valence-electron chi connectivity index (χ4n) is 1.01. The van der Waals surface area contributed by atoms with Crippen molar-refractivity contribution in [3.05, 3.63) is 23.9 Å². The van der Waals surface area contributed by atoms with Crippen molar-refractivity contribution in [3.63, 3.8) is 0 Å². The van der Waals surface area contributed by atoms with E-state index in [9.17, 15) is 4.79 Å². The topological polar surface area (TPSA) is 38.3 Å². The Balaban J connectivity index is 2.27. The van der Waals surface area contributed by atoms with Crippen molar-refractivity contribution >= 4 is 5.97 Å². The first kappa shape index (κ1) is 8.84. The average molecular weight is 167 g/mol. The second kappa shape index (κ2) is 4.59. The summed E-state index contributed by atoms with van der Waals surface area (Å²) in [4.78, 5) is 10.8. The van der Waals surface area contributed by atoms with E-state index in [4.69, 9.17) is 0 Å². The van der Waals surface area contributed by atoms with Crippen LogP contribution in [0.1, 0.15) is 12.8 Å². The Morgan fingerprint density at radius 1 is 1.75 bits per heavy atom. The van der Waals surface area contributed by atoms with Gasteiger partial charge in [0.15, 0.2) is 0 Å².